The Kier molecular flexibility index (Phi) is 6.44. The Morgan fingerprint density at radius 2 is 2.10 bits per heavy atom. The molecule has 1 aromatic heterocycles. The van der Waals surface area contributed by atoms with Crippen LogP contribution in [0, 0.1) is 0 Å². The van der Waals surface area contributed by atoms with E-state index in [1.165, 1.54) is 0 Å². The topological polar surface area (TPSA) is 39.1 Å². The number of imidazole rings is 1. The molecule has 0 saturated carbocycles. The summed E-state index contributed by atoms with van der Waals surface area (Å²) in [5.74, 6) is 1.03. The second-order valence-corrected chi connectivity index (χ2v) is 5.13. The van der Waals surface area contributed by atoms with Crippen LogP contribution in [0.1, 0.15) is 26.3 Å². The Morgan fingerprint density at radius 1 is 1.29 bits per heavy atom. The molecule has 0 radical (unpaired) electrons. The maximum absolute atomic E-state index is 5.33. The third-order valence-corrected chi connectivity index (χ3v) is 3.46. The molecular formula is C17H25N3O. The van der Waals surface area contributed by atoms with Crippen LogP contribution in [0.4, 0.5) is 0 Å². The van der Waals surface area contributed by atoms with Crippen LogP contribution in [-0.2, 0) is 4.74 Å². The molecular weight excluding hydrogens is 262 g/mol. The molecule has 0 amide bonds. The standard InChI is InChI=1S/C17H25N3O/c1-3-21-13-7-10-18-14-15(2)20-12-11-19-17(20)16-8-5-4-6-9-16/h4-6,8-9,11-12,15,18H,3,7,10,13-14H2,1-2H3. The smallest absolute Gasteiger partial charge is 0.140 e. The first kappa shape index (κ1) is 15.7. The normalized spacial score (nSPS) is 12.5. The number of ether oxygens (including phenoxy) is 1. The van der Waals surface area contributed by atoms with Crippen molar-refractivity contribution in [1.29, 1.82) is 0 Å². The summed E-state index contributed by atoms with van der Waals surface area (Å²) >= 11 is 0. The summed E-state index contributed by atoms with van der Waals surface area (Å²) in [4.78, 5) is 4.49. The fourth-order valence-electron chi connectivity index (χ4n) is 2.33. The Bertz CT molecular complexity index is 510. The number of benzene rings is 1. The van der Waals surface area contributed by atoms with Crippen LogP contribution < -0.4 is 5.32 Å². The fraction of sp³-hybridized carbons (Fsp3) is 0.471. The van der Waals surface area contributed by atoms with Crippen LogP contribution in [0.5, 0.6) is 0 Å². The Hall–Kier alpha value is -1.65. The van der Waals surface area contributed by atoms with Gasteiger partial charge in [-0.3, -0.25) is 0 Å². The molecule has 1 atom stereocenters. The van der Waals surface area contributed by atoms with Crippen molar-refractivity contribution in [2.24, 2.45) is 0 Å². The number of rotatable bonds is 9. The highest BCUT2D eigenvalue weighted by molar-refractivity contribution is 5.55. The van der Waals surface area contributed by atoms with Gasteiger partial charge in [0.2, 0.25) is 0 Å². The third kappa shape index (κ3) is 4.69. The molecule has 1 heterocycles. The zero-order chi connectivity index (χ0) is 14.9. The van der Waals surface area contributed by atoms with E-state index in [0.29, 0.717) is 6.04 Å². The SMILES string of the molecule is CCOCCCNCC(C)n1ccnc1-c1ccccc1. The summed E-state index contributed by atoms with van der Waals surface area (Å²) in [5.41, 5.74) is 1.16. The minimum Gasteiger partial charge on any atom is -0.382 e. The molecule has 0 spiro atoms. The van der Waals surface area contributed by atoms with E-state index in [4.69, 9.17) is 4.74 Å². The zero-order valence-electron chi connectivity index (χ0n) is 13.0. The van der Waals surface area contributed by atoms with Crippen molar-refractivity contribution in [2.45, 2.75) is 26.3 Å². The first-order valence-corrected chi connectivity index (χ1v) is 7.69. The van der Waals surface area contributed by atoms with Gasteiger partial charge in [-0.2, -0.15) is 0 Å². The minimum absolute atomic E-state index is 0.370. The first-order valence-electron chi connectivity index (χ1n) is 7.69. The number of nitrogens with zero attached hydrogens (tertiary/aromatic N) is 2. The molecule has 0 aliphatic rings. The number of nitrogens with one attached hydrogen (secondary N) is 1. The number of aromatic nitrogens is 2. The van der Waals surface area contributed by atoms with Crippen molar-refractivity contribution in [1.82, 2.24) is 14.9 Å². The van der Waals surface area contributed by atoms with Gasteiger partial charge < -0.3 is 14.6 Å². The van der Waals surface area contributed by atoms with Crippen molar-refractivity contribution >= 4 is 0 Å². The number of hydrogen-bond donors (Lipinski definition) is 1. The minimum atomic E-state index is 0.370. The van der Waals surface area contributed by atoms with Gasteiger partial charge in [0.1, 0.15) is 5.82 Å². The molecule has 0 saturated heterocycles. The maximum Gasteiger partial charge on any atom is 0.140 e. The highest BCUT2D eigenvalue weighted by atomic mass is 16.5. The summed E-state index contributed by atoms with van der Waals surface area (Å²) in [6, 6.07) is 10.7. The maximum atomic E-state index is 5.33. The van der Waals surface area contributed by atoms with E-state index >= 15 is 0 Å². The molecule has 2 aromatic rings. The molecule has 4 heteroatoms. The zero-order valence-corrected chi connectivity index (χ0v) is 13.0. The summed E-state index contributed by atoms with van der Waals surface area (Å²) in [6.07, 6.45) is 4.97. The van der Waals surface area contributed by atoms with E-state index in [1.54, 1.807) is 0 Å². The first-order chi connectivity index (χ1) is 10.3. The average Bonchev–Trinajstić information content (AvgIpc) is 3.01. The predicted octanol–water partition coefficient (Wildman–Crippen LogP) is 3.13. The number of hydrogen-bond acceptors (Lipinski definition) is 3. The lowest BCUT2D eigenvalue weighted by atomic mass is 10.2. The molecule has 2 rings (SSSR count). The molecule has 1 N–H and O–H groups in total. The van der Waals surface area contributed by atoms with Crippen LogP contribution in [0.2, 0.25) is 0 Å². The molecule has 4 nitrogen and oxygen atoms in total. The van der Waals surface area contributed by atoms with E-state index in [9.17, 15) is 0 Å². The van der Waals surface area contributed by atoms with Crippen LogP contribution in [0.3, 0.4) is 0 Å². The van der Waals surface area contributed by atoms with E-state index in [-0.39, 0.29) is 0 Å². The summed E-state index contributed by atoms with van der Waals surface area (Å²) in [5, 5.41) is 3.48. The molecule has 114 valence electrons. The van der Waals surface area contributed by atoms with Gasteiger partial charge in [0.05, 0.1) is 0 Å². The molecule has 0 bridgehead atoms. The van der Waals surface area contributed by atoms with Gasteiger partial charge in [-0.15, -0.1) is 0 Å². The van der Waals surface area contributed by atoms with Gasteiger partial charge in [0.25, 0.3) is 0 Å². The molecule has 1 aromatic carbocycles. The molecule has 1 unspecified atom stereocenters. The quantitative estimate of drug-likeness (QED) is 0.720. The van der Waals surface area contributed by atoms with Crippen LogP contribution in [-0.4, -0.2) is 35.9 Å². The van der Waals surface area contributed by atoms with Crippen molar-refractivity contribution < 1.29 is 4.74 Å². The second-order valence-electron chi connectivity index (χ2n) is 5.13. The largest absolute Gasteiger partial charge is 0.382 e. The van der Waals surface area contributed by atoms with Gasteiger partial charge in [-0.25, -0.2) is 4.98 Å². The van der Waals surface area contributed by atoms with Crippen molar-refractivity contribution in [3.63, 3.8) is 0 Å². The van der Waals surface area contributed by atoms with E-state index in [0.717, 1.165) is 44.1 Å². The third-order valence-electron chi connectivity index (χ3n) is 3.46. The second kappa shape index (κ2) is 8.60. The summed E-state index contributed by atoms with van der Waals surface area (Å²) < 4.78 is 7.56. The van der Waals surface area contributed by atoms with E-state index in [2.05, 4.69) is 40.1 Å². The summed E-state index contributed by atoms with van der Waals surface area (Å²) in [6.45, 7) is 7.79. The lowest BCUT2D eigenvalue weighted by Crippen LogP contribution is -2.25. The lowest BCUT2D eigenvalue weighted by molar-refractivity contribution is 0.144. The van der Waals surface area contributed by atoms with Gasteiger partial charge >= 0.3 is 0 Å². The Labute approximate surface area is 127 Å². The van der Waals surface area contributed by atoms with E-state index in [1.807, 2.05) is 31.3 Å². The van der Waals surface area contributed by atoms with Crippen LogP contribution >= 0.6 is 0 Å². The van der Waals surface area contributed by atoms with Crippen molar-refractivity contribution in [2.75, 3.05) is 26.3 Å². The molecule has 21 heavy (non-hydrogen) atoms. The van der Waals surface area contributed by atoms with Crippen LogP contribution in [0.15, 0.2) is 42.7 Å². The average molecular weight is 287 g/mol. The summed E-state index contributed by atoms with van der Waals surface area (Å²) in [7, 11) is 0. The predicted molar refractivity (Wildman–Crippen MR) is 86.4 cm³/mol. The van der Waals surface area contributed by atoms with E-state index < -0.39 is 0 Å². The van der Waals surface area contributed by atoms with Crippen molar-refractivity contribution in [3.8, 4) is 11.4 Å². The molecule has 0 aliphatic heterocycles. The highest BCUT2D eigenvalue weighted by Gasteiger charge is 2.10. The molecule has 0 fully saturated rings. The van der Waals surface area contributed by atoms with Gasteiger partial charge in [0.15, 0.2) is 0 Å². The fourth-order valence-corrected chi connectivity index (χ4v) is 2.33. The lowest BCUT2D eigenvalue weighted by Gasteiger charge is -2.17. The van der Waals surface area contributed by atoms with Gasteiger partial charge in [-0.1, -0.05) is 30.3 Å². The Balaban J connectivity index is 1.86. The van der Waals surface area contributed by atoms with Crippen molar-refractivity contribution in [3.05, 3.63) is 42.7 Å². The molecule has 0 aliphatic carbocycles. The highest BCUT2D eigenvalue weighted by Crippen LogP contribution is 2.20. The van der Waals surface area contributed by atoms with Gasteiger partial charge in [0, 0.05) is 43.8 Å². The monoisotopic (exact) mass is 287 g/mol. The van der Waals surface area contributed by atoms with Crippen LogP contribution in [0.25, 0.3) is 11.4 Å². The Morgan fingerprint density at radius 3 is 2.86 bits per heavy atom. The van der Waals surface area contributed by atoms with Gasteiger partial charge in [-0.05, 0) is 26.8 Å².